The van der Waals surface area contributed by atoms with E-state index in [1.54, 1.807) is 0 Å². The summed E-state index contributed by atoms with van der Waals surface area (Å²) in [4.78, 5) is 14.3. The minimum absolute atomic E-state index is 0. The minimum atomic E-state index is -3.13. The van der Waals surface area contributed by atoms with Gasteiger partial charge in [0.1, 0.15) is 0 Å². The monoisotopic (exact) mass is 123 g/mol. The third kappa shape index (κ3) is 26.0. The molecule has 26 valence electrons. The Morgan fingerprint density at radius 3 is 1.60 bits per heavy atom. The van der Waals surface area contributed by atoms with Gasteiger partial charge in [0, 0.05) is 0 Å². The van der Waals surface area contributed by atoms with Crippen LogP contribution in [0.1, 0.15) is 2.85 Å². The summed E-state index contributed by atoms with van der Waals surface area (Å²) in [6, 6.07) is 0. The van der Waals surface area contributed by atoms with Crippen LogP contribution in [0.2, 0.25) is 0 Å². The van der Waals surface area contributed by atoms with Gasteiger partial charge in [-0.25, -0.2) is 0 Å². The second kappa shape index (κ2) is 5.79. The summed E-state index contributed by atoms with van der Waals surface area (Å²) in [6.07, 6.45) is 0. The zero-order chi connectivity index (χ0) is 3.58. The number of rotatable bonds is 0. The predicted octanol–water partition coefficient (Wildman–Crippen LogP) is -3.41. The molecule has 0 amide bonds. The van der Waals surface area contributed by atoms with Crippen molar-refractivity contribution in [2.24, 2.45) is 0 Å². The van der Waals surface area contributed by atoms with E-state index in [1.165, 1.54) is 0 Å². The van der Waals surface area contributed by atoms with Crippen LogP contribution in [0.5, 0.6) is 0 Å². The van der Waals surface area contributed by atoms with Gasteiger partial charge in [0.15, 0.2) is 0 Å². The zero-order valence-corrected chi connectivity index (χ0v) is 6.93. The van der Waals surface area contributed by atoms with Crippen LogP contribution in [0.3, 0.4) is 0 Å². The second-order valence-corrected chi connectivity index (χ2v) is 0.848. The average Bonchev–Trinajstić information content (AvgIpc) is 0.811. The molecular weight excluding hydrogens is 118 g/mol. The minimum Gasteiger partial charge on any atom is -0.326 e. The van der Waals surface area contributed by atoms with Crippen molar-refractivity contribution in [2.45, 2.75) is 0 Å². The zero-order valence-electron chi connectivity index (χ0n) is 4.80. The van der Waals surface area contributed by atoms with Gasteiger partial charge >= 0.3 is 62.5 Å². The first-order valence-electron chi connectivity index (χ1n) is 0.651. The Kier molecular flexibility index (Phi) is 11.5. The van der Waals surface area contributed by atoms with Crippen LogP contribution >= 0.6 is 8.25 Å². The first-order chi connectivity index (χ1) is 1.73. The van der Waals surface area contributed by atoms with Crippen LogP contribution in [0.4, 0.5) is 0 Å². The maximum atomic E-state index is 8.74. The van der Waals surface area contributed by atoms with E-state index in [9.17, 15) is 0 Å². The van der Waals surface area contributed by atoms with Gasteiger partial charge in [-0.2, -0.15) is 0 Å². The van der Waals surface area contributed by atoms with Crippen molar-refractivity contribution in [3.05, 3.63) is 0 Å². The van der Waals surface area contributed by atoms with E-state index in [-0.39, 0.29) is 54.2 Å². The number of hydrogen-bond acceptors (Lipinski definition) is 1. The van der Waals surface area contributed by atoms with Crippen LogP contribution in [0.15, 0.2) is 0 Å². The molecule has 0 heterocycles. The maximum Gasteiger partial charge on any atom is 1.00 e. The van der Waals surface area contributed by atoms with E-state index < -0.39 is 8.25 Å². The van der Waals surface area contributed by atoms with Crippen molar-refractivity contribution >= 4 is 8.25 Å². The van der Waals surface area contributed by atoms with Crippen molar-refractivity contribution in [2.75, 3.05) is 0 Å². The van der Waals surface area contributed by atoms with Gasteiger partial charge in [-0.1, -0.05) is 0 Å². The molecule has 0 rings (SSSR count). The van der Waals surface area contributed by atoms with Crippen molar-refractivity contribution < 1.29 is 68.6 Å². The topological polar surface area (TPSA) is 57.5 Å². The summed E-state index contributed by atoms with van der Waals surface area (Å²) in [5.41, 5.74) is 0. The quantitative estimate of drug-likeness (QED) is 0.260. The first kappa shape index (κ1) is 9.92. The van der Waals surface area contributed by atoms with E-state index >= 15 is 0 Å². The Bertz CT molecular complexity index is 35.9. The molecule has 0 bridgehead atoms. The summed E-state index contributed by atoms with van der Waals surface area (Å²) in [5, 5.41) is 0. The van der Waals surface area contributed by atoms with E-state index in [1.807, 2.05) is 0 Å². The fourth-order valence-electron chi connectivity index (χ4n) is 0. The van der Waals surface area contributed by atoms with E-state index in [0.29, 0.717) is 0 Å². The van der Waals surface area contributed by atoms with E-state index in [2.05, 4.69) is 0 Å². The molecule has 0 aliphatic heterocycles. The molecule has 0 radical (unpaired) electrons. The molecule has 0 spiro atoms. The fourth-order valence-corrected chi connectivity index (χ4v) is 0. The van der Waals surface area contributed by atoms with Gasteiger partial charge in [0.2, 0.25) is 0 Å². The molecule has 0 unspecified atom stereocenters. The molecule has 0 aromatic carbocycles. The molecule has 0 fully saturated rings. The molecule has 0 atom stereocenters. The van der Waals surface area contributed by atoms with Gasteiger partial charge in [0.05, 0.1) is 0 Å². The Balaban J connectivity index is -0.0000000150. The molecule has 5 heavy (non-hydrogen) atoms. The molecule has 0 aromatic rings. The molecule has 0 aromatic heterocycles. The third-order valence-corrected chi connectivity index (χ3v) is 0. The molecule has 5 heteroatoms. The first-order valence-corrected chi connectivity index (χ1v) is 1.95. The summed E-state index contributed by atoms with van der Waals surface area (Å²) < 4.78 is 8.74. The van der Waals surface area contributed by atoms with Crippen molar-refractivity contribution in [3.8, 4) is 0 Å². The van der Waals surface area contributed by atoms with Crippen LogP contribution in [-0.2, 0) is 4.57 Å². The summed E-state index contributed by atoms with van der Waals surface area (Å²) in [5.74, 6) is 0. The van der Waals surface area contributed by atoms with E-state index in [0.717, 1.165) is 0 Å². The molecule has 0 aliphatic carbocycles. The van der Waals surface area contributed by atoms with Crippen molar-refractivity contribution in [3.63, 3.8) is 0 Å². The molecule has 0 saturated heterocycles. The summed E-state index contributed by atoms with van der Waals surface area (Å²) >= 11 is 0. The van der Waals surface area contributed by atoms with Crippen molar-refractivity contribution in [1.29, 1.82) is 0 Å². The summed E-state index contributed by atoms with van der Waals surface area (Å²) in [7, 11) is -3.13. The standard InChI is InChI=1S/K.H3O3P/c;1-4(2)3/h;4H,(H2,1,2,3)/q+1;/p+2. The Hall–Kier alpha value is 1.79. The van der Waals surface area contributed by atoms with Crippen molar-refractivity contribution in [1.82, 2.24) is 0 Å². The molecular formula is H5KO3P+3. The number of hydrogen-bond donors (Lipinski definition) is 2. The second-order valence-electron chi connectivity index (χ2n) is 0.283. The molecule has 2 N–H and O–H groups in total. The Morgan fingerprint density at radius 1 is 1.60 bits per heavy atom. The normalized spacial score (nSPS) is 7.00. The largest absolute Gasteiger partial charge is 1.00 e. The van der Waals surface area contributed by atoms with E-state index in [4.69, 9.17) is 14.4 Å². The molecule has 0 saturated carbocycles. The summed E-state index contributed by atoms with van der Waals surface area (Å²) in [6.45, 7) is 0. The van der Waals surface area contributed by atoms with Gasteiger partial charge in [-0.05, 0) is 0 Å². The third-order valence-electron chi connectivity index (χ3n) is 0. The molecule has 3 nitrogen and oxygen atoms in total. The van der Waals surface area contributed by atoms with Gasteiger partial charge < -0.3 is 9.79 Å². The Labute approximate surface area is 75.7 Å². The van der Waals surface area contributed by atoms with Crippen LogP contribution in [0.25, 0.3) is 0 Å². The van der Waals surface area contributed by atoms with Gasteiger partial charge in [-0.15, -0.1) is 0 Å². The van der Waals surface area contributed by atoms with Crippen LogP contribution in [-0.4, -0.2) is 9.79 Å². The fraction of sp³-hybridized carbons (Fsp3) is 0. The van der Waals surface area contributed by atoms with Gasteiger partial charge in [-0.3, -0.25) is 4.57 Å². The van der Waals surface area contributed by atoms with Gasteiger partial charge in [0.25, 0.3) is 0 Å². The predicted molar refractivity (Wildman–Crippen MR) is 15.7 cm³/mol. The van der Waals surface area contributed by atoms with Crippen LogP contribution in [0, 0.1) is 0 Å². The van der Waals surface area contributed by atoms with Crippen LogP contribution < -0.4 is 51.4 Å². The average molecular weight is 123 g/mol. The molecule has 0 aliphatic rings. The Morgan fingerprint density at radius 2 is 1.60 bits per heavy atom. The SMILES string of the molecule is O=[PH](O)O.[H+].[H+].[K+]. The maximum absolute atomic E-state index is 8.74. The smallest absolute Gasteiger partial charge is 0.326 e.